The van der Waals surface area contributed by atoms with E-state index in [1.807, 2.05) is 61.5 Å². The lowest BCUT2D eigenvalue weighted by atomic mass is 10.2. The van der Waals surface area contributed by atoms with Gasteiger partial charge in [-0.25, -0.2) is 0 Å². The lowest BCUT2D eigenvalue weighted by molar-refractivity contribution is -0.136. The minimum atomic E-state index is -0.693. The number of rotatable bonds is 7. The number of ether oxygens (including phenoxy) is 1. The molecule has 144 valence electrons. The lowest BCUT2D eigenvalue weighted by Crippen LogP contribution is -2.35. The van der Waals surface area contributed by atoms with Crippen LogP contribution in [0.15, 0.2) is 48.5 Å². The molecule has 0 radical (unpaired) electrons. The minimum absolute atomic E-state index is 0.270. The average molecular weight is 369 g/mol. The summed E-state index contributed by atoms with van der Waals surface area (Å²) < 4.78 is 5.63. The maximum atomic E-state index is 12.1. The number of nitrogens with one attached hydrogen (secondary N) is 2. The van der Waals surface area contributed by atoms with Crippen molar-refractivity contribution in [3.63, 3.8) is 0 Å². The number of carbonyl (C=O) groups excluding carboxylic acids is 2. The van der Waals surface area contributed by atoms with Crippen LogP contribution in [0.1, 0.15) is 19.4 Å². The predicted octanol–water partition coefficient (Wildman–Crippen LogP) is 3.04. The monoisotopic (exact) mass is 369 g/mol. The second kappa shape index (κ2) is 9.62. The van der Waals surface area contributed by atoms with Crippen LogP contribution in [-0.2, 0) is 16.1 Å². The summed E-state index contributed by atoms with van der Waals surface area (Å²) in [5.74, 6) is -0.123. The molecule has 0 fully saturated rings. The summed E-state index contributed by atoms with van der Waals surface area (Å²) in [5, 5.41) is 5.28. The molecule has 0 heterocycles. The van der Waals surface area contributed by atoms with Crippen molar-refractivity contribution in [2.45, 2.75) is 20.4 Å². The highest BCUT2D eigenvalue weighted by molar-refractivity contribution is 6.39. The van der Waals surface area contributed by atoms with E-state index in [-0.39, 0.29) is 6.54 Å². The van der Waals surface area contributed by atoms with Gasteiger partial charge in [-0.3, -0.25) is 9.59 Å². The van der Waals surface area contributed by atoms with Crippen molar-refractivity contribution in [3.05, 3.63) is 54.1 Å². The zero-order chi connectivity index (χ0) is 19.8. The van der Waals surface area contributed by atoms with Crippen molar-refractivity contribution in [2.75, 3.05) is 30.9 Å². The topological polar surface area (TPSA) is 70.7 Å². The fourth-order valence-corrected chi connectivity index (χ4v) is 2.38. The number of hydrogen-bond acceptors (Lipinski definition) is 4. The van der Waals surface area contributed by atoms with E-state index in [1.54, 1.807) is 6.07 Å². The standard InChI is InChI=1S/C21H27N3O3/c1-15(2)14-27-17-11-9-16(10-12-17)13-22-20(25)21(26)23-18-7-5-6-8-19(18)24(3)4/h5-12,15H,13-14H2,1-4H3,(H,22,25)(H,23,26). The molecule has 2 aromatic carbocycles. The Morgan fingerprint density at radius 1 is 1.00 bits per heavy atom. The number of anilines is 2. The summed E-state index contributed by atoms with van der Waals surface area (Å²) in [7, 11) is 3.75. The number of benzene rings is 2. The molecular weight excluding hydrogens is 342 g/mol. The molecule has 2 N–H and O–H groups in total. The van der Waals surface area contributed by atoms with Gasteiger partial charge in [-0.2, -0.15) is 0 Å². The average Bonchev–Trinajstić information content (AvgIpc) is 2.65. The van der Waals surface area contributed by atoms with Gasteiger partial charge in [0.15, 0.2) is 0 Å². The number of carbonyl (C=O) groups is 2. The first-order valence-electron chi connectivity index (χ1n) is 8.94. The van der Waals surface area contributed by atoms with Gasteiger partial charge in [0.1, 0.15) is 5.75 Å². The van der Waals surface area contributed by atoms with Gasteiger partial charge in [0.05, 0.1) is 18.0 Å². The summed E-state index contributed by atoms with van der Waals surface area (Å²) in [6, 6.07) is 14.8. The Balaban J connectivity index is 1.87. The van der Waals surface area contributed by atoms with Crippen molar-refractivity contribution in [1.82, 2.24) is 5.32 Å². The smallest absolute Gasteiger partial charge is 0.313 e. The minimum Gasteiger partial charge on any atom is -0.493 e. The van der Waals surface area contributed by atoms with Crippen LogP contribution in [0, 0.1) is 5.92 Å². The first-order valence-corrected chi connectivity index (χ1v) is 8.94. The second-order valence-corrected chi connectivity index (χ2v) is 6.90. The molecular formula is C21H27N3O3. The van der Waals surface area contributed by atoms with Gasteiger partial charge in [-0.1, -0.05) is 38.1 Å². The summed E-state index contributed by atoms with van der Waals surface area (Å²) in [4.78, 5) is 26.1. The maximum absolute atomic E-state index is 12.1. The van der Waals surface area contributed by atoms with Crippen molar-refractivity contribution in [3.8, 4) is 5.75 Å². The van der Waals surface area contributed by atoms with Crippen LogP contribution in [0.5, 0.6) is 5.75 Å². The quantitative estimate of drug-likeness (QED) is 0.736. The van der Waals surface area contributed by atoms with Crippen LogP contribution in [-0.4, -0.2) is 32.5 Å². The normalized spacial score (nSPS) is 10.4. The SMILES string of the molecule is CC(C)COc1ccc(CNC(=O)C(=O)Nc2ccccc2N(C)C)cc1. The van der Waals surface area contributed by atoms with E-state index in [0.29, 0.717) is 18.2 Å². The van der Waals surface area contributed by atoms with E-state index in [4.69, 9.17) is 4.74 Å². The highest BCUT2D eigenvalue weighted by atomic mass is 16.5. The largest absolute Gasteiger partial charge is 0.493 e. The van der Waals surface area contributed by atoms with E-state index < -0.39 is 11.8 Å². The molecule has 6 heteroatoms. The molecule has 0 aliphatic heterocycles. The molecule has 2 amide bonds. The Bertz CT molecular complexity index is 770. The third-order valence-electron chi connectivity index (χ3n) is 3.80. The van der Waals surface area contributed by atoms with Crippen LogP contribution in [0.3, 0.4) is 0 Å². The lowest BCUT2D eigenvalue weighted by Gasteiger charge is -2.17. The van der Waals surface area contributed by atoms with Crippen molar-refractivity contribution in [1.29, 1.82) is 0 Å². The van der Waals surface area contributed by atoms with Crippen LogP contribution in [0.2, 0.25) is 0 Å². The van der Waals surface area contributed by atoms with Gasteiger partial charge in [-0.05, 0) is 35.7 Å². The van der Waals surface area contributed by atoms with E-state index in [0.717, 1.165) is 17.0 Å². The molecule has 0 bridgehead atoms. The van der Waals surface area contributed by atoms with Gasteiger partial charge in [0.2, 0.25) is 0 Å². The number of hydrogen-bond donors (Lipinski definition) is 2. The highest BCUT2D eigenvalue weighted by Crippen LogP contribution is 2.23. The molecule has 2 rings (SSSR count). The van der Waals surface area contributed by atoms with Gasteiger partial charge in [-0.15, -0.1) is 0 Å². The Labute approximate surface area is 160 Å². The fraction of sp³-hybridized carbons (Fsp3) is 0.333. The molecule has 0 saturated carbocycles. The van der Waals surface area contributed by atoms with Gasteiger partial charge in [0, 0.05) is 20.6 Å². The Hall–Kier alpha value is -3.02. The molecule has 0 aromatic heterocycles. The third-order valence-corrected chi connectivity index (χ3v) is 3.80. The maximum Gasteiger partial charge on any atom is 0.313 e. The van der Waals surface area contributed by atoms with Gasteiger partial charge in [0.25, 0.3) is 0 Å². The van der Waals surface area contributed by atoms with E-state index in [9.17, 15) is 9.59 Å². The summed E-state index contributed by atoms with van der Waals surface area (Å²) in [5.41, 5.74) is 2.31. The Morgan fingerprint density at radius 2 is 1.67 bits per heavy atom. The highest BCUT2D eigenvalue weighted by Gasteiger charge is 2.15. The Morgan fingerprint density at radius 3 is 2.30 bits per heavy atom. The molecule has 0 aliphatic rings. The molecule has 6 nitrogen and oxygen atoms in total. The first-order chi connectivity index (χ1) is 12.9. The summed E-state index contributed by atoms with van der Waals surface area (Å²) in [6.07, 6.45) is 0. The fourth-order valence-electron chi connectivity index (χ4n) is 2.38. The van der Waals surface area contributed by atoms with Crippen LogP contribution in [0.25, 0.3) is 0 Å². The van der Waals surface area contributed by atoms with Crippen LogP contribution in [0.4, 0.5) is 11.4 Å². The number of para-hydroxylation sites is 2. The van der Waals surface area contributed by atoms with E-state index in [2.05, 4.69) is 24.5 Å². The molecule has 27 heavy (non-hydrogen) atoms. The number of amides is 2. The molecule has 0 spiro atoms. The van der Waals surface area contributed by atoms with E-state index >= 15 is 0 Å². The molecule has 0 unspecified atom stereocenters. The Kier molecular flexibility index (Phi) is 7.23. The van der Waals surface area contributed by atoms with Crippen LogP contribution < -0.4 is 20.3 Å². The summed E-state index contributed by atoms with van der Waals surface area (Å²) >= 11 is 0. The molecule has 0 atom stereocenters. The molecule has 0 aliphatic carbocycles. The number of nitrogens with zero attached hydrogens (tertiary/aromatic N) is 1. The summed E-state index contributed by atoms with van der Waals surface area (Å²) in [6.45, 7) is 5.11. The van der Waals surface area contributed by atoms with E-state index in [1.165, 1.54) is 0 Å². The first kappa shape index (κ1) is 20.3. The van der Waals surface area contributed by atoms with Crippen LogP contribution >= 0.6 is 0 Å². The van der Waals surface area contributed by atoms with Gasteiger partial charge < -0.3 is 20.3 Å². The van der Waals surface area contributed by atoms with Crippen molar-refractivity contribution < 1.29 is 14.3 Å². The van der Waals surface area contributed by atoms with Crippen molar-refractivity contribution in [2.24, 2.45) is 5.92 Å². The zero-order valence-corrected chi connectivity index (χ0v) is 16.3. The third kappa shape index (κ3) is 6.33. The molecule has 2 aromatic rings. The zero-order valence-electron chi connectivity index (χ0n) is 16.3. The van der Waals surface area contributed by atoms with Crippen molar-refractivity contribution >= 4 is 23.2 Å². The second-order valence-electron chi connectivity index (χ2n) is 6.90. The molecule has 0 saturated heterocycles. The van der Waals surface area contributed by atoms with Gasteiger partial charge >= 0.3 is 11.8 Å². The predicted molar refractivity (Wildman–Crippen MR) is 108 cm³/mol.